The number of cyclic esters (lactones) is 1. The molecule has 11 heteroatoms. The zero-order valence-corrected chi connectivity index (χ0v) is 25.0. The predicted molar refractivity (Wildman–Crippen MR) is 142 cm³/mol. The van der Waals surface area contributed by atoms with E-state index in [4.69, 9.17) is 23.7 Å². The third kappa shape index (κ3) is 3.32. The summed E-state index contributed by atoms with van der Waals surface area (Å²) in [6.45, 7) is 10.8. The second kappa shape index (κ2) is 8.56. The highest BCUT2D eigenvalue weighted by Gasteiger charge is 2.81. The van der Waals surface area contributed by atoms with Crippen molar-refractivity contribution in [1.82, 2.24) is 0 Å². The summed E-state index contributed by atoms with van der Waals surface area (Å²) < 4.78 is 30.9. The molecule has 3 N–H and O–H groups in total. The van der Waals surface area contributed by atoms with Crippen molar-refractivity contribution in [3.05, 3.63) is 11.6 Å². The highest BCUT2D eigenvalue weighted by Crippen LogP contribution is 2.73. The van der Waals surface area contributed by atoms with Crippen LogP contribution in [0.15, 0.2) is 11.6 Å². The van der Waals surface area contributed by atoms with Crippen LogP contribution in [0.4, 0.5) is 0 Å². The Labute approximate surface area is 244 Å². The summed E-state index contributed by atoms with van der Waals surface area (Å²) in [6.07, 6.45) is -2.25. The van der Waals surface area contributed by atoms with Gasteiger partial charge in [-0.25, -0.2) is 9.59 Å². The van der Waals surface area contributed by atoms with Gasteiger partial charge in [0.15, 0.2) is 6.10 Å². The van der Waals surface area contributed by atoms with Crippen LogP contribution in [0.3, 0.4) is 0 Å². The minimum atomic E-state index is -1.56. The highest BCUT2D eigenvalue weighted by molar-refractivity contribution is 5.90. The maximum atomic E-state index is 12.7. The molecule has 11 nitrogen and oxygen atoms in total. The predicted octanol–water partition coefficient (Wildman–Crippen LogP) is 1.34. The maximum Gasteiger partial charge on any atom is 0.338 e. The summed E-state index contributed by atoms with van der Waals surface area (Å²) in [5, 5.41) is 35.7. The molecule has 0 amide bonds. The van der Waals surface area contributed by atoms with Crippen LogP contribution in [0.5, 0.6) is 0 Å². The van der Waals surface area contributed by atoms with E-state index < -0.39 is 88.2 Å². The topological polar surface area (TPSA) is 158 Å². The Morgan fingerprint density at radius 2 is 1.81 bits per heavy atom. The van der Waals surface area contributed by atoms with E-state index in [1.807, 2.05) is 20.8 Å². The molecule has 14 unspecified atom stereocenters. The molecule has 7 aliphatic rings. The van der Waals surface area contributed by atoms with Gasteiger partial charge in [0.1, 0.15) is 30.0 Å². The third-order valence-electron chi connectivity index (χ3n) is 12.5. The average molecular weight is 591 g/mol. The molecule has 2 spiro atoms. The number of aliphatic hydroxyl groups is 3. The van der Waals surface area contributed by atoms with Gasteiger partial charge in [-0.2, -0.15) is 0 Å². The summed E-state index contributed by atoms with van der Waals surface area (Å²) in [7, 11) is 0. The number of rotatable bonds is 2. The molecule has 14 atom stereocenters. The van der Waals surface area contributed by atoms with Crippen LogP contribution in [0, 0.1) is 29.1 Å². The minimum absolute atomic E-state index is 0.0342. The first-order valence-electron chi connectivity index (χ1n) is 15.2. The average Bonchev–Trinajstić information content (AvgIpc) is 3.54. The van der Waals surface area contributed by atoms with Gasteiger partial charge in [-0.3, -0.25) is 4.79 Å². The van der Waals surface area contributed by atoms with Crippen LogP contribution in [-0.2, 0) is 38.1 Å². The smallest absolute Gasteiger partial charge is 0.338 e. The van der Waals surface area contributed by atoms with Crippen LogP contribution in [0.25, 0.3) is 0 Å². The normalized spacial score (nSPS) is 55.4. The molecule has 4 heterocycles. The van der Waals surface area contributed by atoms with Gasteiger partial charge in [0.05, 0.1) is 22.9 Å². The first kappa shape index (κ1) is 28.7. The van der Waals surface area contributed by atoms with Crippen LogP contribution in [-0.4, -0.2) is 92.3 Å². The van der Waals surface area contributed by atoms with Gasteiger partial charge in [-0.05, 0) is 64.4 Å². The van der Waals surface area contributed by atoms with Gasteiger partial charge in [0, 0.05) is 36.2 Å². The number of esters is 3. The van der Waals surface area contributed by atoms with E-state index in [0.29, 0.717) is 18.4 Å². The van der Waals surface area contributed by atoms with Crippen LogP contribution in [0.2, 0.25) is 0 Å². The van der Waals surface area contributed by atoms with E-state index in [1.54, 1.807) is 13.0 Å². The van der Waals surface area contributed by atoms with Crippen molar-refractivity contribution in [2.24, 2.45) is 29.1 Å². The number of ether oxygens (including phenoxy) is 5. The van der Waals surface area contributed by atoms with Gasteiger partial charge in [-0.1, -0.05) is 13.8 Å². The summed E-state index contributed by atoms with van der Waals surface area (Å²) in [4.78, 5) is 37.4. The fourth-order valence-electron chi connectivity index (χ4n) is 11.0. The van der Waals surface area contributed by atoms with Crippen molar-refractivity contribution < 1.29 is 53.4 Å². The van der Waals surface area contributed by atoms with Crippen molar-refractivity contribution >= 4 is 17.9 Å². The van der Waals surface area contributed by atoms with Crippen molar-refractivity contribution in [3.63, 3.8) is 0 Å². The zero-order valence-electron chi connectivity index (χ0n) is 25.0. The standard InChI is InChI=1S/C31H42O11/c1-13-9-18(39-25(13)35)22-14(2)16-10-20(38-15(3)32)28(6)23-17(33)11-19-27(4,5)41-24-21(34)26(36)42-30(19,24)12-29(23,37)7-8-31(16,28)40-22/h9,14,16-24,33-34,37H,7-8,10-12H2,1-6H3. The van der Waals surface area contributed by atoms with Crippen molar-refractivity contribution in [3.8, 4) is 0 Å². The van der Waals surface area contributed by atoms with Gasteiger partial charge in [0.2, 0.25) is 0 Å². The molecule has 3 saturated carbocycles. The Morgan fingerprint density at radius 1 is 1.10 bits per heavy atom. The van der Waals surface area contributed by atoms with Crippen LogP contribution in [0.1, 0.15) is 73.6 Å². The third-order valence-corrected chi connectivity index (χ3v) is 12.5. The molecule has 0 aromatic carbocycles. The molecule has 3 saturated heterocycles. The fraction of sp³-hybridized carbons (Fsp3) is 0.839. The first-order valence-corrected chi connectivity index (χ1v) is 15.2. The van der Waals surface area contributed by atoms with Crippen molar-refractivity contribution in [2.75, 3.05) is 0 Å². The molecule has 7 rings (SSSR count). The molecular weight excluding hydrogens is 548 g/mol. The fourth-order valence-corrected chi connectivity index (χ4v) is 11.0. The molecular formula is C31H42O11. The van der Waals surface area contributed by atoms with E-state index in [-0.39, 0.29) is 37.1 Å². The minimum Gasteiger partial charge on any atom is -0.462 e. The van der Waals surface area contributed by atoms with Crippen LogP contribution < -0.4 is 0 Å². The van der Waals surface area contributed by atoms with Crippen LogP contribution >= 0.6 is 0 Å². The molecule has 42 heavy (non-hydrogen) atoms. The highest BCUT2D eigenvalue weighted by atomic mass is 16.6. The molecule has 3 aliphatic carbocycles. The molecule has 6 fully saturated rings. The number of hydrogen-bond donors (Lipinski definition) is 3. The largest absolute Gasteiger partial charge is 0.462 e. The Hall–Kier alpha value is -2.05. The number of hydrogen-bond acceptors (Lipinski definition) is 11. The lowest BCUT2D eigenvalue weighted by Gasteiger charge is -2.60. The first-order chi connectivity index (χ1) is 19.5. The van der Waals surface area contributed by atoms with E-state index in [2.05, 4.69) is 6.92 Å². The SMILES string of the molecule is CC(=O)OC1CC2C(C)C(C3C=C(C)C(=O)O3)OC23CCC2(O)CC45OC(=O)C(O)C4OC(C)(C)C5CC(O)C2C13C. The van der Waals surface area contributed by atoms with E-state index >= 15 is 0 Å². The van der Waals surface area contributed by atoms with Crippen molar-refractivity contribution in [1.29, 1.82) is 0 Å². The Balaban J connectivity index is 1.34. The summed E-state index contributed by atoms with van der Waals surface area (Å²) in [5.74, 6) is -3.12. The number of fused-ring (bicyclic) bond motifs is 2. The zero-order chi connectivity index (χ0) is 30.4. The maximum absolute atomic E-state index is 12.7. The van der Waals surface area contributed by atoms with E-state index in [0.717, 1.165) is 0 Å². The van der Waals surface area contributed by atoms with Gasteiger partial charge in [0.25, 0.3) is 0 Å². The van der Waals surface area contributed by atoms with Gasteiger partial charge < -0.3 is 39.0 Å². The Kier molecular flexibility index (Phi) is 5.85. The lowest BCUT2D eigenvalue weighted by atomic mass is 9.50. The Morgan fingerprint density at radius 3 is 2.45 bits per heavy atom. The summed E-state index contributed by atoms with van der Waals surface area (Å²) in [6, 6.07) is 0. The number of carbonyl (C=O) groups excluding carboxylic acids is 3. The second-order valence-corrected chi connectivity index (χ2v) is 14.9. The molecule has 0 radical (unpaired) electrons. The lowest BCUT2D eigenvalue weighted by molar-refractivity contribution is -0.270. The Bertz CT molecular complexity index is 1280. The number of aliphatic hydroxyl groups excluding tert-OH is 2. The molecule has 0 aromatic rings. The summed E-state index contributed by atoms with van der Waals surface area (Å²) in [5.41, 5.74) is -5.15. The molecule has 232 valence electrons. The van der Waals surface area contributed by atoms with Gasteiger partial charge >= 0.3 is 17.9 Å². The molecule has 0 aromatic heterocycles. The van der Waals surface area contributed by atoms with E-state index in [9.17, 15) is 29.7 Å². The molecule has 4 aliphatic heterocycles. The molecule has 0 bridgehead atoms. The van der Waals surface area contributed by atoms with Crippen molar-refractivity contribution in [2.45, 2.75) is 133 Å². The van der Waals surface area contributed by atoms with E-state index in [1.165, 1.54) is 6.92 Å². The number of carbonyl (C=O) groups is 3. The summed E-state index contributed by atoms with van der Waals surface area (Å²) >= 11 is 0. The lowest BCUT2D eigenvalue weighted by Crippen LogP contribution is -2.68. The monoisotopic (exact) mass is 590 g/mol. The second-order valence-electron chi connectivity index (χ2n) is 14.9. The van der Waals surface area contributed by atoms with Gasteiger partial charge in [-0.15, -0.1) is 0 Å². The quantitative estimate of drug-likeness (QED) is 0.315.